The van der Waals surface area contributed by atoms with Crippen molar-refractivity contribution in [3.8, 4) is 61.7 Å². The Morgan fingerprint density at radius 1 is 0.350 bits per heavy atom. The Balaban J connectivity index is 1.05. The summed E-state index contributed by atoms with van der Waals surface area (Å²) in [6.45, 7) is 0. The van der Waals surface area contributed by atoms with Gasteiger partial charge in [0.2, 0.25) is 0 Å². The van der Waals surface area contributed by atoms with Crippen LogP contribution in [0.15, 0.2) is 212 Å². The van der Waals surface area contributed by atoms with Crippen molar-refractivity contribution in [2.45, 2.75) is 5.41 Å². The molecule has 11 aromatic rings. The van der Waals surface area contributed by atoms with Gasteiger partial charge in [0, 0.05) is 33.0 Å². The normalized spacial score (nSPS) is 14.7. The molecule has 2 aliphatic carbocycles. The average molecular weight is 762 g/mol. The van der Waals surface area contributed by atoms with Gasteiger partial charge in [0.25, 0.3) is 0 Å². The maximum Gasteiger partial charge on any atom is 0.161 e. The summed E-state index contributed by atoms with van der Waals surface area (Å²) in [4.78, 5) is 10.7. The van der Waals surface area contributed by atoms with Gasteiger partial charge < -0.3 is 4.57 Å². The van der Waals surface area contributed by atoms with Crippen LogP contribution in [-0.2, 0) is 5.41 Å². The largest absolute Gasteiger partial charge is 0.309 e. The van der Waals surface area contributed by atoms with Gasteiger partial charge in [-0.25, -0.2) is 9.97 Å². The second-order valence-corrected chi connectivity index (χ2v) is 16.0. The SMILES string of the molecule is c1ccc(-c2nc(-c3cccc4c3-c3ccccc3C43c4ccccc4-c4ccc(-c5ccc6c(c5)c5ccccc5n6-c5ccccc5)cc43)nc3ccccc23)cc1. The Kier molecular flexibility index (Phi) is 6.93. The molecule has 0 amide bonds. The summed E-state index contributed by atoms with van der Waals surface area (Å²) in [5.74, 6) is 0.736. The van der Waals surface area contributed by atoms with Gasteiger partial charge in [0.15, 0.2) is 5.82 Å². The zero-order chi connectivity index (χ0) is 39.4. The lowest BCUT2D eigenvalue weighted by molar-refractivity contribution is 0.794. The minimum absolute atomic E-state index is 0.531. The highest BCUT2D eigenvalue weighted by molar-refractivity contribution is 6.11. The summed E-state index contributed by atoms with van der Waals surface area (Å²) in [6, 6.07) is 77.3. The second kappa shape index (κ2) is 12.6. The van der Waals surface area contributed by atoms with E-state index in [1.54, 1.807) is 0 Å². The molecule has 2 aliphatic rings. The quantitative estimate of drug-likeness (QED) is 0.179. The second-order valence-electron chi connectivity index (χ2n) is 16.0. The van der Waals surface area contributed by atoms with Gasteiger partial charge in [0.05, 0.1) is 27.7 Å². The Morgan fingerprint density at radius 2 is 0.950 bits per heavy atom. The number of nitrogens with zero attached hydrogens (tertiary/aromatic N) is 3. The van der Waals surface area contributed by atoms with Crippen molar-refractivity contribution in [3.05, 3.63) is 235 Å². The van der Waals surface area contributed by atoms with Crippen LogP contribution < -0.4 is 0 Å². The van der Waals surface area contributed by atoms with Crippen LogP contribution >= 0.6 is 0 Å². The molecule has 0 aliphatic heterocycles. The van der Waals surface area contributed by atoms with Gasteiger partial charge in [-0.05, 0) is 98.1 Å². The maximum absolute atomic E-state index is 5.40. The third-order valence-electron chi connectivity index (χ3n) is 13.0. The van der Waals surface area contributed by atoms with Crippen molar-refractivity contribution in [3.63, 3.8) is 0 Å². The smallest absolute Gasteiger partial charge is 0.161 e. The predicted molar refractivity (Wildman–Crippen MR) is 246 cm³/mol. The molecule has 3 nitrogen and oxygen atoms in total. The number of fused-ring (bicyclic) bond motifs is 14. The Hall–Kier alpha value is -7.88. The molecule has 0 bridgehead atoms. The molecule has 1 spiro atoms. The molecule has 3 heteroatoms. The third-order valence-corrected chi connectivity index (χ3v) is 13.0. The number of rotatable bonds is 4. The van der Waals surface area contributed by atoms with Gasteiger partial charge in [-0.2, -0.15) is 0 Å². The molecule has 2 heterocycles. The van der Waals surface area contributed by atoms with Gasteiger partial charge in [-0.15, -0.1) is 0 Å². The first-order valence-corrected chi connectivity index (χ1v) is 20.7. The zero-order valence-corrected chi connectivity index (χ0v) is 32.5. The minimum Gasteiger partial charge on any atom is -0.309 e. The van der Waals surface area contributed by atoms with E-state index in [1.165, 1.54) is 77.4 Å². The molecular weight excluding hydrogens is 727 g/mol. The molecule has 2 aromatic heterocycles. The zero-order valence-electron chi connectivity index (χ0n) is 32.5. The summed E-state index contributed by atoms with van der Waals surface area (Å²) in [7, 11) is 0. The molecule has 13 rings (SSSR count). The molecule has 0 saturated carbocycles. The number of aromatic nitrogens is 3. The van der Waals surface area contributed by atoms with Gasteiger partial charge in [0.1, 0.15) is 0 Å². The Bertz CT molecular complexity index is 3550. The lowest BCUT2D eigenvalue weighted by Gasteiger charge is -2.31. The van der Waals surface area contributed by atoms with Crippen LogP contribution in [0.2, 0.25) is 0 Å². The molecule has 1 unspecified atom stereocenters. The van der Waals surface area contributed by atoms with Crippen LogP contribution in [0.1, 0.15) is 22.3 Å². The van der Waals surface area contributed by atoms with Crippen LogP contribution in [0.5, 0.6) is 0 Å². The highest BCUT2D eigenvalue weighted by Crippen LogP contribution is 2.64. The summed E-state index contributed by atoms with van der Waals surface area (Å²) < 4.78 is 2.38. The third kappa shape index (κ3) is 4.49. The molecule has 1 atom stereocenters. The topological polar surface area (TPSA) is 30.7 Å². The molecule has 0 N–H and O–H groups in total. The molecule has 0 radical (unpaired) electrons. The lowest BCUT2D eigenvalue weighted by atomic mass is 9.70. The fraction of sp³-hybridized carbons (Fsp3) is 0.0175. The standard InChI is InChI=1S/C57H35N3/c1-3-16-36(17-4-1)55-44-23-9-13-28-51(44)58-56(59-55)45-24-15-27-49-54(45)43-22-8-12-26-48(43)57(49)47-25-11-7-20-40(47)41-32-30-38(35-50(41)57)37-31-33-53-46(34-37)42-21-10-14-29-52(42)60(53)39-18-5-2-6-19-39/h1-35H. The number of benzene rings is 9. The lowest BCUT2D eigenvalue weighted by Crippen LogP contribution is -2.25. The van der Waals surface area contributed by atoms with Gasteiger partial charge in [-0.1, -0.05) is 170 Å². The van der Waals surface area contributed by atoms with Crippen molar-refractivity contribution in [2.75, 3.05) is 0 Å². The van der Waals surface area contributed by atoms with Crippen LogP contribution in [0.3, 0.4) is 0 Å². The summed E-state index contributed by atoms with van der Waals surface area (Å²) in [6.07, 6.45) is 0. The van der Waals surface area contributed by atoms with E-state index in [2.05, 4.69) is 217 Å². The van der Waals surface area contributed by atoms with Crippen LogP contribution in [0.25, 0.3) is 94.4 Å². The first-order chi connectivity index (χ1) is 29.8. The van der Waals surface area contributed by atoms with Gasteiger partial charge in [-0.3, -0.25) is 0 Å². The van der Waals surface area contributed by atoms with E-state index in [4.69, 9.17) is 9.97 Å². The van der Waals surface area contributed by atoms with Crippen molar-refractivity contribution >= 4 is 32.7 Å². The van der Waals surface area contributed by atoms with Crippen LogP contribution in [0.4, 0.5) is 0 Å². The molecule has 60 heavy (non-hydrogen) atoms. The predicted octanol–water partition coefficient (Wildman–Crippen LogP) is 14.1. The monoisotopic (exact) mass is 761 g/mol. The molecule has 0 saturated heterocycles. The van der Waals surface area contributed by atoms with Crippen molar-refractivity contribution in [1.29, 1.82) is 0 Å². The summed E-state index contributed by atoms with van der Waals surface area (Å²) in [5.41, 5.74) is 19.6. The number of para-hydroxylation sites is 3. The molecular formula is C57H35N3. The van der Waals surface area contributed by atoms with E-state index >= 15 is 0 Å². The summed E-state index contributed by atoms with van der Waals surface area (Å²) in [5, 5.41) is 3.54. The maximum atomic E-state index is 5.40. The highest BCUT2D eigenvalue weighted by atomic mass is 15.0. The van der Waals surface area contributed by atoms with E-state index in [0.717, 1.165) is 39.2 Å². The molecule has 0 fully saturated rings. The number of hydrogen-bond acceptors (Lipinski definition) is 2. The van der Waals surface area contributed by atoms with E-state index in [0.29, 0.717) is 0 Å². The molecule has 9 aromatic carbocycles. The van der Waals surface area contributed by atoms with Crippen molar-refractivity contribution in [1.82, 2.24) is 14.5 Å². The Labute approximate surface area is 347 Å². The van der Waals surface area contributed by atoms with Gasteiger partial charge >= 0.3 is 0 Å². The van der Waals surface area contributed by atoms with Crippen LogP contribution in [0, 0.1) is 0 Å². The van der Waals surface area contributed by atoms with E-state index in [9.17, 15) is 0 Å². The fourth-order valence-corrected chi connectivity index (χ4v) is 10.6. The van der Waals surface area contributed by atoms with Crippen LogP contribution in [-0.4, -0.2) is 14.5 Å². The average Bonchev–Trinajstić information content (AvgIpc) is 3.93. The fourth-order valence-electron chi connectivity index (χ4n) is 10.6. The van der Waals surface area contributed by atoms with Crippen molar-refractivity contribution in [2.24, 2.45) is 0 Å². The summed E-state index contributed by atoms with van der Waals surface area (Å²) >= 11 is 0. The first-order valence-electron chi connectivity index (χ1n) is 20.7. The number of hydrogen-bond donors (Lipinski definition) is 0. The van der Waals surface area contributed by atoms with E-state index < -0.39 is 5.41 Å². The van der Waals surface area contributed by atoms with Crippen molar-refractivity contribution < 1.29 is 0 Å². The Morgan fingerprint density at radius 3 is 1.80 bits per heavy atom. The molecule has 278 valence electrons. The minimum atomic E-state index is -0.531. The van der Waals surface area contributed by atoms with E-state index in [1.807, 2.05) is 0 Å². The van der Waals surface area contributed by atoms with E-state index in [-0.39, 0.29) is 0 Å². The highest BCUT2D eigenvalue weighted by Gasteiger charge is 2.52. The first kappa shape index (κ1) is 33.1.